The molecule has 24 heavy (non-hydrogen) atoms. The third-order valence-electron chi connectivity index (χ3n) is 3.98. The van der Waals surface area contributed by atoms with E-state index in [0.717, 1.165) is 33.1 Å². The largest absolute Gasteiger partial charge is 0.493 e. The van der Waals surface area contributed by atoms with Crippen LogP contribution in [0.1, 0.15) is 12.5 Å². The number of benzene rings is 3. The zero-order chi connectivity index (χ0) is 16.4. The molecule has 0 saturated carbocycles. The van der Waals surface area contributed by atoms with Gasteiger partial charge in [0, 0.05) is 5.56 Å². The molecule has 0 spiro atoms. The molecule has 4 nitrogen and oxygen atoms in total. The molecule has 0 radical (unpaired) electrons. The van der Waals surface area contributed by atoms with Gasteiger partial charge in [-0.15, -0.1) is 0 Å². The second-order valence-electron chi connectivity index (χ2n) is 5.45. The van der Waals surface area contributed by atoms with Gasteiger partial charge in [-0.3, -0.25) is 0 Å². The lowest BCUT2D eigenvalue weighted by Gasteiger charge is -2.10. The first-order valence-electron chi connectivity index (χ1n) is 7.98. The molecule has 1 heterocycles. The summed E-state index contributed by atoms with van der Waals surface area (Å²) in [6.45, 7) is 2.60. The van der Waals surface area contributed by atoms with Crippen molar-refractivity contribution >= 4 is 28.0 Å². The number of imidazole rings is 1. The number of aromatic nitrogens is 2. The summed E-state index contributed by atoms with van der Waals surface area (Å²) in [5.74, 6) is 0.837. The Kier molecular flexibility index (Phi) is 3.71. The van der Waals surface area contributed by atoms with E-state index in [-0.39, 0.29) is 0 Å². The zero-order valence-electron chi connectivity index (χ0n) is 13.4. The van der Waals surface area contributed by atoms with Gasteiger partial charge >= 0.3 is 0 Å². The average molecular weight is 315 g/mol. The van der Waals surface area contributed by atoms with Crippen molar-refractivity contribution in [3.63, 3.8) is 0 Å². The first kappa shape index (κ1) is 14.5. The molecule has 0 saturated heterocycles. The van der Waals surface area contributed by atoms with E-state index < -0.39 is 0 Å². The predicted octanol–water partition coefficient (Wildman–Crippen LogP) is 4.47. The predicted molar refractivity (Wildman–Crippen MR) is 97.8 cm³/mol. The van der Waals surface area contributed by atoms with Gasteiger partial charge in [0.2, 0.25) is 0 Å². The van der Waals surface area contributed by atoms with Gasteiger partial charge in [0.15, 0.2) is 0 Å². The van der Waals surface area contributed by atoms with Gasteiger partial charge < -0.3 is 4.74 Å². The van der Waals surface area contributed by atoms with Gasteiger partial charge in [-0.05, 0) is 35.9 Å². The Balaban J connectivity index is 1.84. The second kappa shape index (κ2) is 6.16. The van der Waals surface area contributed by atoms with Crippen molar-refractivity contribution in [3.8, 4) is 5.75 Å². The fourth-order valence-corrected chi connectivity index (χ4v) is 2.85. The maximum atomic E-state index is 5.79. The molecule has 0 unspecified atom stereocenters. The summed E-state index contributed by atoms with van der Waals surface area (Å²) < 4.78 is 7.57. The first-order valence-corrected chi connectivity index (χ1v) is 7.98. The van der Waals surface area contributed by atoms with Gasteiger partial charge in [-0.25, -0.2) is 9.66 Å². The van der Waals surface area contributed by atoms with Crippen molar-refractivity contribution in [2.45, 2.75) is 6.92 Å². The van der Waals surface area contributed by atoms with Crippen LogP contribution in [0.5, 0.6) is 5.75 Å². The van der Waals surface area contributed by atoms with E-state index in [4.69, 9.17) is 4.74 Å². The summed E-state index contributed by atoms with van der Waals surface area (Å²) in [6.07, 6.45) is 3.58. The molecule has 118 valence electrons. The first-order chi connectivity index (χ1) is 11.9. The number of ether oxygens (including phenoxy) is 1. The third kappa shape index (κ3) is 2.52. The van der Waals surface area contributed by atoms with Gasteiger partial charge in [-0.2, -0.15) is 5.10 Å². The lowest BCUT2D eigenvalue weighted by Crippen LogP contribution is -1.98. The van der Waals surface area contributed by atoms with E-state index in [1.165, 1.54) is 0 Å². The van der Waals surface area contributed by atoms with Crippen molar-refractivity contribution in [2.75, 3.05) is 6.61 Å². The average Bonchev–Trinajstić information content (AvgIpc) is 3.04. The Morgan fingerprint density at radius 2 is 1.88 bits per heavy atom. The lowest BCUT2D eigenvalue weighted by atomic mass is 10.0. The molecule has 0 amide bonds. The minimum absolute atomic E-state index is 0.618. The molecule has 0 N–H and O–H groups in total. The van der Waals surface area contributed by atoms with Crippen molar-refractivity contribution in [3.05, 3.63) is 72.6 Å². The summed E-state index contributed by atoms with van der Waals surface area (Å²) >= 11 is 0. The van der Waals surface area contributed by atoms with E-state index in [1.807, 2.05) is 55.6 Å². The van der Waals surface area contributed by atoms with Crippen molar-refractivity contribution in [1.82, 2.24) is 9.66 Å². The van der Waals surface area contributed by atoms with Crippen molar-refractivity contribution in [2.24, 2.45) is 5.10 Å². The van der Waals surface area contributed by atoms with Crippen LogP contribution >= 0.6 is 0 Å². The molecule has 0 aliphatic rings. The summed E-state index contributed by atoms with van der Waals surface area (Å²) in [5.41, 5.74) is 2.89. The number of para-hydroxylation sites is 2. The summed E-state index contributed by atoms with van der Waals surface area (Å²) in [6, 6.07) is 20.3. The second-order valence-corrected chi connectivity index (χ2v) is 5.45. The molecular formula is C20H17N3O. The fourth-order valence-electron chi connectivity index (χ4n) is 2.85. The maximum absolute atomic E-state index is 5.79. The van der Waals surface area contributed by atoms with Crippen LogP contribution in [0.15, 0.2) is 72.1 Å². The van der Waals surface area contributed by atoms with E-state index in [1.54, 1.807) is 11.0 Å². The smallest absolute Gasteiger partial charge is 0.128 e. The molecule has 4 heteroatoms. The van der Waals surface area contributed by atoms with E-state index >= 15 is 0 Å². The van der Waals surface area contributed by atoms with Crippen LogP contribution in [-0.4, -0.2) is 22.5 Å². The monoisotopic (exact) mass is 315 g/mol. The standard InChI is InChI=1S/C20H17N3O/c1-2-24-20-12-11-15-7-3-4-8-16(15)17(20)13-22-23-14-21-18-9-5-6-10-19(18)23/h3-14H,2H2,1H3/b22-13-. The zero-order valence-corrected chi connectivity index (χ0v) is 13.4. The van der Waals surface area contributed by atoms with Crippen LogP contribution in [-0.2, 0) is 0 Å². The third-order valence-corrected chi connectivity index (χ3v) is 3.98. The lowest BCUT2D eigenvalue weighted by molar-refractivity contribution is 0.340. The van der Waals surface area contributed by atoms with Crippen LogP contribution in [0.3, 0.4) is 0 Å². The minimum Gasteiger partial charge on any atom is -0.493 e. The fraction of sp³-hybridized carbons (Fsp3) is 0.100. The Morgan fingerprint density at radius 3 is 2.79 bits per heavy atom. The van der Waals surface area contributed by atoms with Gasteiger partial charge in [0.05, 0.1) is 23.9 Å². The van der Waals surface area contributed by atoms with E-state index in [0.29, 0.717) is 6.61 Å². The molecule has 1 aromatic heterocycles. The molecule has 4 aromatic rings. The number of rotatable bonds is 4. The van der Waals surface area contributed by atoms with Crippen LogP contribution in [0.2, 0.25) is 0 Å². The Hall–Kier alpha value is -3.14. The number of hydrogen-bond donors (Lipinski definition) is 0. The summed E-state index contributed by atoms with van der Waals surface area (Å²) in [7, 11) is 0. The maximum Gasteiger partial charge on any atom is 0.128 e. The highest BCUT2D eigenvalue weighted by molar-refractivity contribution is 6.02. The van der Waals surface area contributed by atoms with Gasteiger partial charge in [0.25, 0.3) is 0 Å². The Bertz CT molecular complexity index is 1030. The summed E-state index contributed by atoms with van der Waals surface area (Å²) in [4.78, 5) is 4.37. The van der Waals surface area contributed by atoms with Crippen LogP contribution in [0.25, 0.3) is 21.8 Å². The van der Waals surface area contributed by atoms with Crippen molar-refractivity contribution < 1.29 is 4.74 Å². The van der Waals surface area contributed by atoms with Gasteiger partial charge in [0.1, 0.15) is 12.1 Å². The van der Waals surface area contributed by atoms with Crippen molar-refractivity contribution in [1.29, 1.82) is 0 Å². The SMILES string of the molecule is CCOc1ccc2ccccc2c1/C=N\n1cnc2ccccc21. The highest BCUT2D eigenvalue weighted by Gasteiger charge is 2.07. The normalized spacial score (nSPS) is 11.5. The molecular weight excluding hydrogens is 298 g/mol. The van der Waals surface area contributed by atoms with E-state index in [2.05, 4.69) is 28.3 Å². The number of nitrogens with zero attached hydrogens (tertiary/aromatic N) is 3. The summed E-state index contributed by atoms with van der Waals surface area (Å²) in [5, 5.41) is 6.89. The van der Waals surface area contributed by atoms with Crippen LogP contribution in [0.4, 0.5) is 0 Å². The Labute approximate surface area is 140 Å². The number of fused-ring (bicyclic) bond motifs is 2. The topological polar surface area (TPSA) is 39.4 Å². The van der Waals surface area contributed by atoms with E-state index in [9.17, 15) is 0 Å². The number of hydrogen-bond acceptors (Lipinski definition) is 3. The molecule has 0 fully saturated rings. The molecule has 0 aliphatic heterocycles. The minimum atomic E-state index is 0.618. The molecule has 3 aromatic carbocycles. The molecule has 0 atom stereocenters. The molecule has 0 aliphatic carbocycles. The quantitative estimate of drug-likeness (QED) is 0.521. The highest BCUT2D eigenvalue weighted by Crippen LogP contribution is 2.27. The van der Waals surface area contributed by atoms with Gasteiger partial charge in [-0.1, -0.05) is 42.5 Å². The Morgan fingerprint density at radius 1 is 1.04 bits per heavy atom. The molecule has 4 rings (SSSR count). The van der Waals surface area contributed by atoms with Crippen LogP contribution in [0, 0.1) is 0 Å². The van der Waals surface area contributed by atoms with Crippen LogP contribution < -0.4 is 4.74 Å². The molecule has 0 bridgehead atoms. The highest BCUT2D eigenvalue weighted by atomic mass is 16.5.